The van der Waals surface area contributed by atoms with E-state index in [0.717, 1.165) is 47.5 Å². The van der Waals surface area contributed by atoms with Gasteiger partial charge in [0.2, 0.25) is 11.1 Å². The molecule has 332 valence electrons. The Balaban J connectivity index is 1.00. The number of carbonyl (C=O) groups is 4. The number of carbonyl (C=O) groups excluding carboxylic acids is 4. The Morgan fingerprint density at radius 3 is 2.44 bits per heavy atom. The summed E-state index contributed by atoms with van der Waals surface area (Å²) in [7, 11) is -5.63. The summed E-state index contributed by atoms with van der Waals surface area (Å²) < 4.78 is 38.3. The number of hydrogen-bond acceptors (Lipinski definition) is 13. The highest BCUT2D eigenvalue weighted by molar-refractivity contribution is 8.48. The minimum Gasteiger partial charge on any atom is -0.365 e. The molecule has 12 nitrogen and oxygen atoms in total. The maximum atomic E-state index is 17.3. The van der Waals surface area contributed by atoms with Crippen LogP contribution >= 0.6 is 49.5 Å². The summed E-state index contributed by atoms with van der Waals surface area (Å²) in [4.78, 5) is 61.5. The van der Waals surface area contributed by atoms with Gasteiger partial charge in [-0.1, -0.05) is 71.1 Å². The standard InChI is InChI=1S/C43H58FN5O7P2S3/c1-26-15-16-45-23-31(26)28-24-48(25-28)40(54)47-35-14-12-30-9-8-10-32(37(51)49(30)35)46-36(50)34-22-27-21-29(11-13-33(27)61-34)43(44)57(18-20-60-39(53)42(5,6)7)58(43,55)56-17-19-59-38(52)41(2,3)4/h11,13,15-16,21-23,28,30,32,35,40,47,54H,8-10,12,14,17-20,24-25H2,1-7H3,(H,46,50)/t30-,32-,35-,40?,43?,57?,58?/m0/s1. The Labute approximate surface area is 371 Å². The van der Waals surface area contributed by atoms with Gasteiger partial charge in [0, 0.05) is 77.7 Å². The van der Waals surface area contributed by atoms with E-state index in [9.17, 15) is 28.8 Å². The predicted octanol–water partition coefficient (Wildman–Crippen LogP) is 8.57. The minimum atomic E-state index is -3.84. The van der Waals surface area contributed by atoms with Crippen molar-refractivity contribution in [3.8, 4) is 0 Å². The Morgan fingerprint density at radius 1 is 1.05 bits per heavy atom. The topological polar surface area (TPSA) is 158 Å². The fourth-order valence-corrected chi connectivity index (χ4v) is 21.0. The number of nitrogens with zero attached hydrogens (tertiary/aromatic N) is 3. The van der Waals surface area contributed by atoms with Crippen molar-refractivity contribution in [2.24, 2.45) is 10.8 Å². The van der Waals surface area contributed by atoms with Crippen LogP contribution in [0.2, 0.25) is 0 Å². The Morgan fingerprint density at radius 2 is 1.75 bits per heavy atom. The van der Waals surface area contributed by atoms with Gasteiger partial charge in [-0.2, -0.15) is 0 Å². The van der Waals surface area contributed by atoms with Crippen molar-refractivity contribution in [3.05, 3.63) is 64.3 Å². The van der Waals surface area contributed by atoms with Gasteiger partial charge < -0.3 is 19.8 Å². The molecule has 0 bridgehead atoms. The van der Waals surface area contributed by atoms with Crippen molar-refractivity contribution in [2.45, 2.75) is 116 Å². The van der Waals surface area contributed by atoms with Gasteiger partial charge in [-0.05, 0) is 86.0 Å². The Kier molecular flexibility index (Phi) is 14.0. The van der Waals surface area contributed by atoms with Crippen LogP contribution in [-0.4, -0.2) is 104 Å². The third kappa shape index (κ3) is 9.74. The maximum absolute atomic E-state index is 17.3. The lowest BCUT2D eigenvalue weighted by Crippen LogP contribution is -2.62. The molecule has 0 saturated carbocycles. The number of hydrogen-bond donors (Lipinski definition) is 3. The number of thiophene rings is 1. The van der Waals surface area contributed by atoms with E-state index in [0.29, 0.717) is 41.9 Å². The summed E-state index contributed by atoms with van der Waals surface area (Å²) in [5.74, 6) is 0.264. The van der Waals surface area contributed by atoms with Crippen LogP contribution in [0.1, 0.15) is 106 Å². The number of aliphatic hydroxyl groups is 1. The van der Waals surface area contributed by atoms with E-state index in [1.54, 1.807) is 30.5 Å². The lowest BCUT2D eigenvalue weighted by atomic mass is 9.90. The summed E-state index contributed by atoms with van der Waals surface area (Å²) in [6.45, 7) is 14.3. The number of amides is 2. The van der Waals surface area contributed by atoms with Gasteiger partial charge in [0.1, 0.15) is 6.04 Å². The van der Waals surface area contributed by atoms with Gasteiger partial charge in [-0.3, -0.25) is 38.9 Å². The number of aryl methyl sites for hydroxylation is 1. The SMILES string of the molecule is Cc1ccncc1C1CN(C(O)N[C@@H]2CC[C@@H]3CCC[C@H](NC(=O)c4cc5cc(C6(F)P(CCSC(=O)C(C)(C)C)P6(=O)OCCSC(=O)C(C)(C)C)ccc5s4)C(=O)N32)C1. The first-order valence-electron chi connectivity index (χ1n) is 21.0. The van der Waals surface area contributed by atoms with Crippen LogP contribution in [0.5, 0.6) is 0 Å². The molecular weight excluding hydrogens is 876 g/mol. The number of aliphatic hydroxyl groups excluding tert-OH is 1. The zero-order chi connectivity index (χ0) is 44.1. The molecule has 0 radical (unpaired) electrons. The lowest BCUT2D eigenvalue weighted by molar-refractivity contribution is -0.139. The second-order valence-corrected chi connectivity index (χ2v) is 28.9. The molecule has 0 spiro atoms. The van der Waals surface area contributed by atoms with Crippen LogP contribution < -0.4 is 10.6 Å². The fourth-order valence-electron chi connectivity index (χ4n) is 8.34. The third-order valence-electron chi connectivity index (χ3n) is 12.0. The number of fused-ring (bicyclic) bond motifs is 2. The molecule has 18 heteroatoms. The first-order valence-corrected chi connectivity index (χ1v) is 27.7. The molecule has 4 unspecified atom stereocenters. The van der Waals surface area contributed by atoms with E-state index < -0.39 is 48.9 Å². The average Bonchev–Trinajstić information content (AvgIpc) is 3.48. The van der Waals surface area contributed by atoms with Crippen LogP contribution in [0.4, 0.5) is 4.39 Å². The summed E-state index contributed by atoms with van der Waals surface area (Å²) in [5, 5.41) is 15.8. The normalized spacial score (nSPS) is 27.7. The average molecular weight is 934 g/mol. The van der Waals surface area contributed by atoms with Crippen LogP contribution in [0.15, 0.2) is 42.7 Å². The molecule has 2 aromatic heterocycles. The first-order chi connectivity index (χ1) is 28.7. The molecule has 4 fully saturated rings. The molecule has 4 aliphatic rings. The summed E-state index contributed by atoms with van der Waals surface area (Å²) >= 11 is 3.43. The van der Waals surface area contributed by atoms with Crippen LogP contribution in [0.25, 0.3) is 10.1 Å². The molecule has 4 aliphatic heterocycles. The highest BCUT2D eigenvalue weighted by atomic mass is 32.2. The zero-order valence-corrected chi connectivity index (χ0v) is 40.2. The number of alkyl halides is 1. The Bertz CT molecular complexity index is 2210. The predicted molar refractivity (Wildman–Crippen MR) is 245 cm³/mol. The van der Waals surface area contributed by atoms with Crippen molar-refractivity contribution in [1.29, 1.82) is 0 Å². The van der Waals surface area contributed by atoms with Gasteiger partial charge >= 0.3 is 0 Å². The molecular formula is C43H58FN5O7P2S3. The zero-order valence-electron chi connectivity index (χ0n) is 35.9. The molecule has 3 aromatic rings. The van der Waals surface area contributed by atoms with Crippen LogP contribution in [-0.2, 0) is 28.6 Å². The number of rotatable bonds is 14. The smallest absolute Gasteiger partial charge is 0.271 e. The van der Waals surface area contributed by atoms with Crippen molar-refractivity contribution in [1.82, 2.24) is 25.4 Å². The molecule has 2 amide bonds. The number of benzene rings is 1. The van der Waals surface area contributed by atoms with Crippen molar-refractivity contribution >= 4 is 81.7 Å². The summed E-state index contributed by atoms with van der Waals surface area (Å²) in [5.41, 5.74) is 1.45. The van der Waals surface area contributed by atoms with Gasteiger partial charge in [0.25, 0.3) is 13.0 Å². The molecule has 61 heavy (non-hydrogen) atoms. The molecule has 4 saturated heterocycles. The third-order valence-corrected chi connectivity index (χ3v) is 24.7. The van der Waals surface area contributed by atoms with Crippen LogP contribution in [0, 0.1) is 17.8 Å². The van der Waals surface area contributed by atoms with Gasteiger partial charge in [-0.25, -0.2) is 4.39 Å². The second kappa shape index (κ2) is 18.3. The monoisotopic (exact) mass is 933 g/mol. The van der Waals surface area contributed by atoms with E-state index >= 15 is 4.39 Å². The first kappa shape index (κ1) is 46.7. The van der Waals surface area contributed by atoms with Crippen molar-refractivity contribution in [3.63, 3.8) is 0 Å². The molecule has 7 atom stereocenters. The molecule has 1 aromatic carbocycles. The number of pyridine rings is 1. The number of halogens is 1. The number of likely N-dealkylation sites (tertiary alicyclic amines) is 1. The van der Waals surface area contributed by atoms with Crippen LogP contribution in [0.3, 0.4) is 0 Å². The summed E-state index contributed by atoms with van der Waals surface area (Å²) in [6, 6.07) is 7.92. The second-order valence-electron chi connectivity index (χ2n) is 18.6. The van der Waals surface area contributed by atoms with Crippen molar-refractivity contribution < 1.29 is 37.8 Å². The van der Waals surface area contributed by atoms with E-state index in [1.807, 2.05) is 63.6 Å². The van der Waals surface area contributed by atoms with Gasteiger partial charge in [0.15, 0.2) is 16.6 Å². The molecule has 0 aliphatic carbocycles. The molecule has 3 N–H and O–H groups in total. The largest absolute Gasteiger partial charge is 0.365 e. The quantitative estimate of drug-likeness (QED) is 0.0805. The van der Waals surface area contributed by atoms with Crippen molar-refractivity contribution in [2.75, 3.05) is 37.4 Å². The van der Waals surface area contributed by atoms with E-state index in [2.05, 4.69) is 22.5 Å². The molecule has 7 rings (SSSR count). The van der Waals surface area contributed by atoms with E-state index in [4.69, 9.17) is 4.52 Å². The maximum Gasteiger partial charge on any atom is 0.271 e. The Hall–Kier alpha value is -2.26. The number of nitrogens with one attached hydrogen (secondary N) is 2. The number of thioether (sulfide) groups is 2. The van der Waals surface area contributed by atoms with E-state index in [1.165, 1.54) is 22.5 Å². The van der Waals surface area contributed by atoms with E-state index in [-0.39, 0.29) is 58.3 Å². The lowest BCUT2D eigenvalue weighted by Gasteiger charge is -2.44. The van der Waals surface area contributed by atoms with Gasteiger partial charge in [-0.15, -0.1) is 11.3 Å². The summed E-state index contributed by atoms with van der Waals surface area (Å²) in [6.07, 6.45) is 6.19. The highest BCUT2D eigenvalue weighted by Crippen LogP contribution is 3.11. The van der Waals surface area contributed by atoms with Gasteiger partial charge in [0.05, 0.1) is 17.6 Å². The minimum absolute atomic E-state index is 0.0206. The number of aromatic nitrogens is 1. The molecule has 6 heterocycles. The highest BCUT2D eigenvalue weighted by Gasteiger charge is 2.79. The fraction of sp³-hybridized carbons (Fsp3) is 0.605.